The smallest absolute Gasteiger partial charge is 0.322 e. The molecular formula is C23H22N4O3. The van der Waals surface area contributed by atoms with Gasteiger partial charge in [0, 0.05) is 30.5 Å². The lowest BCUT2D eigenvalue weighted by Crippen LogP contribution is -2.31. The minimum Gasteiger partial charge on any atom is -0.394 e. The minimum absolute atomic E-state index is 0.182. The maximum absolute atomic E-state index is 12.5. The van der Waals surface area contributed by atoms with Crippen LogP contribution in [0.1, 0.15) is 33.2 Å². The molecule has 0 spiro atoms. The van der Waals surface area contributed by atoms with E-state index in [-0.39, 0.29) is 18.5 Å². The second kappa shape index (κ2) is 8.75. The van der Waals surface area contributed by atoms with Gasteiger partial charge in [0.25, 0.3) is 5.91 Å². The molecule has 2 heterocycles. The van der Waals surface area contributed by atoms with E-state index in [0.717, 1.165) is 11.1 Å². The molecule has 4 rings (SSSR count). The quantitative estimate of drug-likeness (QED) is 0.611. The monoisotopic (exact) mass is 402 g/mol. The summed E-state index contributed by atoms with van der Waals surface area (Å²) in [6.45, 7) is 0.909. The van der Waals surface area contributed by atoms with Gasteiger partial charge in [0.15, 0.2) is 0 Å². The van der Waals surface area contributed by atoms with E-state index in [9.17, 15) is 14.7 Å². The highest BCUT2D eigenvalue weighted by atomic mass is 16.3. The van der Waals surface area contributed by atoms with Crippen molar-refractivity contribution in [1.82, 2.24) is 15.2 Å². The van der Waals surface area contributed by atoms with Crippen molar-refractivity contribution >= 4 is 17.6 Å². The molecule has 0 unspecified atom stereocenters. The number of hydrogen-bond acceptors (Lipinski definition) is 4. The molecule has 0 saturated heterocycles. The lowest BCUT2D eigenvalue weighted by Gasteiger charge is -2.17. The largest absolute Gasteiger partial charge is 0.394 e. The molecule has 1 atom stereocenters. The number of aromatic nitrogens is 1. The number of aliphatic hydroxyl groups is 1. The van der Waals surface area contributed by atoms with Gasteiger partial charge >= 0.3 is 6.03 Å². The number of hydrogen-bond donors (Lipinski definition) is 3. The van der Waals surface area contributed by atoms with Crippen molar-refractivity contribution in [2.24, 2.45) is 0 Å². The molecule has 0 aliphatic carbocycles. The predicted octanol–water partition coefficient (Wildman–Crippen LogP) is 3.09. The third kappa shape index (κ3) is 4.31. The third-order valence-electron chi connectivity index (χ3n) is 5.06. The van der Waals surface area contributed by atoms with Crippen molar-refractivity contribution in [3.05, 3.63) is 95.3 Å². The molecule has 30 heavy (non-hydrogen) atoms. The number of nitrogens with zero attached hydrogens (tertiary/aromatic N) is 2. The second-order valence-corrected chi connectivity index (χ2v) is 7.10. The number of nitrogens with one attached hydrogen (secondary N) is 2. The van der Waals surface area contributed by atoms with Crippen LogP contribution >= 0.6 is 0 Å². The number of amides is 3. The van der Waals surface area contributed by atoms with Gasteiger partial charge in [-0.1, -0.05) is 30.3 Å². The Bertz CT molecular complexity index is 1010. The normalized spacial score (nSPS) is 13.4. The minimum atomic E-state index is -0.588. The van der Waals surface area contributed by atoms with Gasteiger partial charge in [-0.3, -0.25) is 9.78 Å². The van der Waals surface area contributed by atoms with E-state index in [1.807, 2.05) is 24.3 Å². The molecule has 152 valence electrons. The summed E-state index contributed by atoms with van der Waals surface area (Å²) in [7, 11) is 0. The van der Waals surface area contributed by atoms with Gasteiger partial charge in [0.2, 0.25) is 0 Å². The van der Waals surface area contributed by atoms with Crippen LogP contribution < -0.4 is 10.6 Å². The maximum atomic E-state index is 12.5. The third-order valence-corrected chi connectivity index (χ3v) is 5.06. The van der Waals surface area contributed by atoms with Crippen molar-refractivity contribution in [1.29, 1.82) is 0 Å². The van der Waals surface area contributed by atoms with E-state index in [4.69, 9.17) is 0 Å². The van der Waals surface area contributed by atoms with E-state index < -0.39 is 6.04 Å². The molecule has 1 aliphatic rings. The van der Waals surface area contributed by atoms with E-state index >= 15 is 0 Å². The number of benzene rings is 2. The fourth-order valence-electron chi connectivity index (χ4n) is 3.42. The molecular weight excluding hydrogens is 380 g/mol. The van der Waals surface area contributed by atoms with Crippen LogP contribution in [0, 0.1) is 0 Å². The highest BCUT2D eigenvalue weighted by Gasteiger charge is 2.23. The van der Waals surface area contributed by atoms with E-state index in [0.29, 0.717) is 30.0 Å². The Kier molecular flexibility index (Phi) is 5.72. The molecule has 3 amide bonds. The lowest BCUT2D eigenvalue weighted by molar-refractivity contribution is 0.0914. The van der Waals surface area contributed by atoms with Crippen LogP contribution in [0.4, 0.5) is 10.5 Å². The van der Waals surface area contributed by atoms with Crippen molar-refractivity contribution in [3.63, 3.8) is 0 Å². The van der Waals surface area contributed by atoms with Crippen LogP contribution in [-0.2, 0) is 13.1 Å². The van der Waals surface area contributed by atoms with Crippen LogP contribution in [0.15, 0.2) is 72.9 Å². The first-order chi connectivity index (χ1) is 14.6. The fourth-order valence-corrected chi connectivity index (χ4v) is 3.42. The Balaban J connectivity index is 1.36. The number of fused-ring (bicyclic) bond motifs is 1. The second-order valence-electron chi connectivity index (χ2n) is 7.10. The van der Waals surface area contributed by atoms with E-state index in [2.05, 4.69) is 15.6 Å². The number of aliphatic hydroxyl groups excluding tert-OH is 1. The zero-order valence-corrected chi connectivity index (χ0v) is 16.3. The number of carbonyl (C=O) groups is 2. The fraction of sp³-hybridized carbons (Fsp3) is 0.174. The van der Waals surface area contributed by atoms with Gasteiger partial charge in [-0.2, -0.15) is 0 Å². The van der Waals surface area contributed by atoms with Crippen LogP contribution in [0.2, 0.25) is 0 Å². The molecule has 1 aliphatic heterocycles. The first-order valence-corrected chi connectivity index (χ1v) is 9.69. The number of rotatable bonds is 5. The number of carbonyl (C=O) groups excluding carboxylic acids is 2. The molecule has 0 radical (unpaired) electrons. The van der Waals surface area contributed by atoms with Gasteiger partial charge < -0.3 is 20.6 Å². The number of urea groups is 1. The zero-order valence-electron chi connectivity index (χ0n) is 16.3. The van der Waals surface area contributed by atoms with Gasteiger partial charge in [0.05, 0.1) is 18.3 Å². The standard InChI is InChI=1S/C23H22N4O3/c28-15-21(20-7-3-4-12-24-20)26-22(29)16-8-10-19(11-9-16)25-23(30)27-13-17-5-1-2-6-18(17)14-27/h1-12,21,28H,13-15H2,(H,25,30)(H,26,29)/t21-/m1/s1. The average molecular weight is 402 g/mol. The Labute approximate surface area is 174 Å². The molecule has 3 aromatic rings. The van der Waals surface area contributed by atoms with Crippen molar-refractivity contribution in [2.75, 3.05) is 11.9 Å². The van der Waals surface area contributed by atoms with Gasteiger partial charge in [-0.15, -0.1) is 0 Å². The van der Waals surface area contributed by atoms with Crippen molar-refractivity contribution in [3.8, 4) is 0 Å². The Morgan fingerprint density at radius 3 is 2.23 bits per heavy atom. The van der Waals surface area contributed by atoms with Gasteiger partial charge in [0.1, 0.15) is 0 Å². The van der Waals surface area contributed by atoms with Crippen LogP contribution in [-0.4, -0.2) is 33.5 Å². The topological polar surface area (TPSA) is 94.6 Å². The molecule has 3 N–H and O–H groups in total. The van der Waals surface area contributed by atoms with Crippen molar-refractivity contribution < 1.29 is 14.7 Å². The SMILES string of the molecule is O=C(N[C@H](CO)c1ccccn1)c1ccc(NC(=O)N2Cc3ccccc3C2)cc1. The van der Waals surface area contributed by atoms with Crippen LogP contribution in [0.25, 0.3) is 0 Å². The average Bonchev–Trinajstić information content (AvgIpc) is 3.23. The molecule has 2 aromatic carbocycles. The first-order valence-electron chi connectivity index (χ1n) is 9.69. The Morgan fingerprint density at radius 1 is 0.967 bits per heavy atom. The van der Waals surface area contributed by atoms with Crippen molar-refractivity contribution in [2.45, 2.75) is 19.1 Å². The highest BCUT2D eigenvalue weighted by Crippen LogP contribution is 2.23. The summed E-state index contributed by atoms with van der Waals surface area (Å²) in [5.74, 6) is -0.326. The lowest BCUT2D eigenvalue weighted by atomic mass is 10.1. The predicted molar refractivity (Wildman–Crippen MR) is 113 cm³/mol. The molecule has 7 nitrogen and oxygen atoms in total. The molecule has 0 saturated carbocycles. The summed E-state index contributed by atoms with van der Waals surface area (Å²) in [4.78, 5) is 31.0. The van der Waals surface area contributed by atoms with E-state index in [1.165, 1.54) is 0 Å². The van der Waals surface area contributed by atoms with Gasteiger partial charge in [-0.25, -0.2) is 4.79 Å². The van der Waals surface area contributed by atoms with Crippen LogP contribution in [0.3, 0.4) is 0 Å². The Morgan fingerprint density at radius 2 is 1.63 bits per heavy atom. The van der Waals surface area contributed by atoms with E-state index in [1.54, 1.807) is 53.6 Å². The molecule has 7 heteroatoms. The zero-order chi connectivity index (χ0) is 20.9. The van der Waals surface area contributed by atoms with Gasteiger partial charge in [-0.05, 0) is 47.5 Å². The first kappa shape index (κ1) is 19.6. The summed E-state index contributed by atoms with van der Waals surface area (Å²) in [6.07, 6.45) is 1.61. The summed E-state index contributed by atoms with van der Waals surface area (Å²) in [5, 5.41) is 15.2. The highest BCUT2D eigenvalue weighted by molar-refractivity contribution is 5.95. The summed E-state index contributed by atoms with van der Waals surface area (Å²) in [6, 6.07) is 19.2. The summed E-state index contributed by atoms with van der Waals surface area (Å²) >= 11 is 0. The number of pyridine rings is 1. The summed E-state index contributed by atoms with van der Waals surface area (Å²) < 4.78 is 0. The molecule has 1 aromatic heterocycles. The van der Waals surface area contributed by atoms with Crippen LogP contribution in [0.5, 0.6) is 0 Å². The molecule has 0 bridgehead atoms. The maximum Gasteiger partial charge on any atom is 0.322 e. The molecule has 0 fully saturated rings. The Hall–Kier alpha value is -3.71. The number of anilines is 1. The summed E-state index contributed by atoms with van der Waals surface area (Å²) in [5.41, 5.74) is 3.94.